The van der Waals surface area contributed by atoms with Crippen molar-refractivity contribution < 1.29 is 9.59 Å². The van der Waals surface area contributed by atoms with Crippen LogP contribution in [0.25, 0.3) is 0 Å². The maximum atomic E-state index is 12.2. The van der Waals surface area contributed by atoms with Gasteiger partial charge in [-0.25, -0.2) is 0 Å². The topological polar surface area (TPSA) is 77.6 Å². The first-order valence-electron chi connectivity index (χ1n) is 8.20. The zero-order chi connectivity index (χ0) is 16.1. The van der Waals surface area contributed by atoms with Crippen molar-refractivity contribution in [1.29, 1.82) is 0 Å². The highest BCUT2D eigenvalue weighted by atomic mass is 16.2. The van der Waals surface area contributed by atoms with Crippen LogP contribution in [-0.2, 0) is 4.79 Å². The molecule has 2 aliphatic rings. The first kappa shape index (κ1) is 15.7. The van der Waals surface area contributed by atoms with Crippen LogP contribution in [0.15, 0.2) is 18.3 Å². The van der Waals surface area contributed by atoms with Gasteiger partial charge in [0.2, 0.25) is 5.91 Å². The highest BCUT2D eigenvalue weighted by Gasteiger charge is 2.17. The van der Waals surface area contributed by atoms with Crippen LogP contribution in [-0.4, -0.2) is 67.5 Å². The van der Waals surface area contributed by atoms with E-state index < -0.39 is 0 Å². The quantitative estimate of drug-likeness (QED) is 0.789. The summed E-state index contributed by atoms with van der Waals surface area (Å²) in [7, 11) is 0. The number of carbonyl (C=O) groups is 2. The van der Waals surface area contributed by atoms with Crippen LogP contribution < -0.4 is 15.5 Å². The Morgan fingerprint density at radius 1 is 1.30 bits per heavy atom. The van der Waals surface area contributed by atoms with Gasteiger partial charge in [0.05, 0.1) is 6.54 Å². The predicted molar refractivity (Wildman–Crippen MR) is 87.5 cm³/mol. The van der Waals surface area contributed by atoms with E-state index in [2.05, 4.69) is 20.5 Å². The van der Waals surface area contributed by atoms with Gasteiger partial charge in [-0.05, 0) is 25.0 Å². The van der Waals surface area contributed by atoms with Gasteiger partial charge in [-0.15, -0.1) is 0 Å². The summed E-state index contributed by atoms with van der Waals surface area (Å²) in [6.45, 7) is 5.17. The second-order valence-electron chi connectivity index (χ2n) is 5.98. The summed E-state index contributed by atoms with van der Waals surface area (Å²) in [5.41, 5.74) is 1.51. The number of anilines is 1. The highest BCUT2D eigenvalue weighted by molar-refractivity contribution is 5.93. The number of hydrogen-bond acceptors (Lipinski definition) is 5. The first-order valence-corrected chi connectivity index (χ1v) is 8.20. The summed E-state index contributed by atoms with van der Waals surface area (Å²) in [6, 6.07) is 3.81. The molecule has 0 radical (unpaired) electrons. The zero-order valence-electron chi connectivity index (χ0n) is 13.3. The molecule has 0 unspecified atom stereocenters. The molecule has 0 aromatic carbocycles. The van der Waals surface area contributed by atoms with Gasteiger partial charge in [-0.3, -0.25) is 19.5 Å². The third-order valence-corrected chi connectivity index (χ3v) is 4.28. The molecule has 0 aliphatic carbocycles. The number of nitrogens with one attached hydrogen (secondary N) is 2. The summed E-state index contributed by atoms with van der Waals surface area (Å²) >= 11 is 0. The average Bonchev–Trinajstić information content (AvgIpc) is 3.09. The summed E-state index contributed by atoms with van der Waals surface area (Å²) in [5.74, 6) is -0.116. The van der Waals surface area contributed by atoms with E-state index in [1.807, 2.05) is 17.0 Å². The molecule has 2 amide bonds. The van der Waals surface area contributed by atoms with Crippen molar-refractivity contribution in [3.8, 4) is 0 Å². The molecule has 0 saturated carbocycles. The third kappa shape index (κ3) is 4.19. The van der Waals surface area contributed by atoms with Crippen molar-refractivity contribution >= 4 is 17.5 Å². The lowest BCUT2D eigenvalue weighted by Gasteiger charge is -2.26. The van der Waals surface area contributed by atoms with Gasteiger partial charge >= 0.3 is 0 Å². The number of piperazine rings is 1. The summed E-state index contributed by atoms with van der Waals surface area (Å²) in [5, 5.41) is 5.67. The van der Waals surface area contributed by atoms with Crippen LogP contribution in [0.1, 0.15) is 23.3 Å². The number of hydrogen-bond donors (Lipinski definition) is 2. The highest BCUT2D eigenvalue weighted by Crippen LogP contribution is 2.19. The van der Waals surface area contributed by atoms with Gasteiger partial charge in [-0.2, -0.15) is 0 Å². The maximum Gasteiger partial charge on any atom is 0.269 e. The van der Waals surface area contributed by atoms with Crippen molar-refractivity contribution in [2.24, 2.45) is 0 Å². The fourth-order valence-corrected chi connectivity index (χ4v) is 3.02. The van der Waals surface area contributed by atoms with E-state index in [9.17, 15) is 9.59 Å². The molecule has 0 spiro atoms. The smallest absolute Gasteiger partial charge is 0.269 e. The molecule has 2 saturated heterocycles. The lowest BCUT2D eigenvalue weighted by atomic mass is 10.2. The van der Waals surface area contributed by atoms with E-state index in [1.165, 1.54) is 12.8 Å². The van der Waals surface area contributed by atoms with Gasteiger partial charge in [0.25, 0.3) is 5.91 Å². The van der Waals surface area contributed by atoms with Crippen LogP contribution in [0.5, 0.6) is 0 Å². The Labute approximate surface area is 136 Å². The maximum absolute atomic E-state index is 12.2. The van der Waals surface area contributed by atoms with Crippen molar-refractivity contribution in [1.82, 2.24) is 20.5 Å². The molecule has 0 atom stereocenters. The van der Waals surface area contributed by atoms with E-state index in [1.54, 1.807) is 6.20 Å². The second-order valence-corrected chi connectivity index (χ2v) is 5.98. The van der Waals surface area contributed by atoms with E-state index in [4.69, 9.17) is 0 Å². The second kappa shape index (κ2) is 7.41. The van der Waals surface area contributed by atoms with E-state index in [-0.39, 0.29) is 11.8 Å². The molecule has 7 nitrogen and oxygen atoms in total. The summed E-state index contributed by atoms with van der Waals surface area (Å²) < 4.78 is 0. The Balaban J connectivity index is 1.49. The van der Waals surface area contributed by atoms with Crippen molar-refractivity contribution in [3.63, 3.8) is 0 Å². The Kier molecular flexibility index (Phi) is 5.07. The minimum absolute atomic E-state index is 0.0440. The number of rotatable bonds is 5. The third-order valence-electron chi connectivity index (χ3n) is 4.28. The van der Waals surface area contributed by atoms with Crippen molar-refractivity contribution in [2.75, 3.05) is 50.7 Å². The summed E-state index contributed by atoms with van der Waals surface area (Å²) in [6.07, 6.45) is 4.10. The number of carbonyl (C=O) groups excluding carboxylic acids is 2. The fourth-order valence-electron chi connectivity index (χ4n) is 3.02. The summed E-state index contributed by atoms with van der Waals surface area (Å²) in [4.78, 5) is 32.0. The normalized spacial score (nSPS) is 18.8. The Morgan fingerprint density at radius 2 is 2.13 bits per heavy atom. The van der Waals surface area contributed by atoms with Crippen LogP contribution in [0.2, 0.25) is 0 Å². The molecule has 2 fully saturated rings. The Hall–Kier alpha value is -2.15. The molecule has 0 bridgehead atoms. The molecule has 124 valence electrons. The van der Waals surface area contributed by atoms with Gasteiger partial charge in [0.15, 0.2) is 0 Å². The molecular formula is C16H23N5O2. The molecule has 2 N–H and O–H groups in total. The largest absolute Gasteiger partial charge is 0.371 e. The minimum atomic E-state index is -0.160. The lowest BCUT2D eigenvalue weighted by molar-refractivity contribution is -0.124. The Bertz CT molecular complexity index is 571. The minimum Gasteiger partial charge on any atom is -0.371 e. The van der Waals surface area contributed by atoms with Gasteiger partial charge in [0, 0.05) is 51.2 Å². The van der Waals surface area contributed by atoms with E-state index >= 15 is 0 Å². The average molecular weight is 317 g/mol. The first-order chi connectivity index (χ1) is 11.2. The van der Waals surface area contributed by atoms with Gasteiger partial charge in [-0.1, -0.05) is 0 Å². The van der Waals surface area contributed by atoms with Crippen LogP contribution in [0, 0.1) is 0 Å². The SMILES string of the molecule is O=C1CN(CCNC(=O)c2cc(N3CCCC3)ccn2)CCN1. The zero-order valence-corrected chi connectivity index (χ0v) is 13.3. The van der Waals surface area contributed by atoms with Crippen LogP contribution in [0.4, 0.5) is 5.69 Å². The monoisotopic (exact) mass is 317 g/mol. The Morgan fingerprint density at radius 3 is 2.91 bits per heavy atom. The van der Waals surface area contributed by atoms with Crippen molar-refractivity contribution in [2.45, 2.75) is 12.8 Å². The molecular weight excluding hydrogens is 294 g/mol. The fraction of sp³-hybridized carbons (Fsp3) is 0.562. The molecule has 3 rings (SSSR count). The molecule has 1 aromatic rings. The molecule has 1 aromatic heterocycles. The number of aromatic nitrogens is 1. The molecule has 2 aliphatic heterocycles. The molecule has 23 heavy (non-hydrogen) atoms. The van der Waals surface area contributed by atoms with Crippen molar-refractivity contribution in [3.05, 3.63) is 24.0 Å². The van der Waals surface area contributed by atoms with E-state index in [0.717, 1.165) is 25.3 Å². The van der Waals surface area contributed by atoms with Crippen LogP contribution in [0.3, 0.4) is 0 Å². The number of amides is 2. The predicted octanol–water partition coefficient (Wildman–Crippen LogP) is -0.157. The van der Waals surface area contributed by atoms with Gasteiger partial charge in [0.1, 0.15) is 5.69 Å². The molecule has 3 heterocycles. The van der Waals surface area contributed by atoms with Crippen LogP contribution >= 0.6 is 0 Å². The molecule has 7 heteroatoms. The van der Waals surface area contributed by atoms with E-state index in [0.29, 0.717) is 31.9 Å². The number of nitrogens with zero attached hydrogens (tertiary/aromatic N) is 3. The van der Waals surface area contributed by atoms with Gasteiger partial charge < -0.3 is 15.5 Å². The lowest BCUT2D eigenvalue weighted by Crippen LogP contribution is -2.49. The standard InChI is InChI=1S/C16H23N5O2/c22-15-12-20(9-5-18-15)10-6-19-16(23)14-11-13(3-4-17-14)21-7-1-2-8-21/h3-4,11H,1-2,5-10,12H2,(H,18,22)(H,19,23). The number of pyridine rings is 1.